The molecule has 0 amide bonds. The fourth-order valence-electron chi connectivity index (χ4n) is 4.17. The van der Waals surface area contributed by atoms with Crippen LogP contribution in [0.3, 0.4) is 0 Å². The van der Waals surface area contributed by atoms with Crippen molar-refractivity contribution in [2.45, 2.75) is 31.9 Å². The number of morpholine rings is 1. The van der Waals surface area contributed by atoms with Gasteiger partial charge >= 0.3 is 0 Å². The van der Waals surface area contributed by atoms with Crippen molar-refractivity contribution in [1.29, 1.82) is 0 Å². The van der Waals surface area contributed by atoms with Gasteiger partial charge in [0, 0.05) is 13.1 Å². The number of benzene rings is 2. The second-order valence-corrected chi connectivity index (χ2v) is 8.95. The summed E-state index contributed by atoms with van der Waals surface area (Å²) >= 11 is 0. The molecule has 2 aromatic heterocycles. The van der Waals surface area contributed by atoms with Gasteiger partial charge in [-0.05, 0) is 43.7 Å². The first kappa shape index (κ1) is 24.0. The van der Waals surface area contributed by atoms with E-state index in [2.05, 4.69) is 30.6 Å². The maximum Gasteiger partial charge on any atom is 0.296 e. The van der Waals surface area contributed by atoms with E-state index >= 15 is 0 Å². The Kier molecular flexibility index (Phi) is 6.50. The Morgan fingerprint density at radius 3 is 2.56 bits per heavy atom. The summed E-state index contributed by atoms with van der Waals surface area (Å²) in [4.78, 5) is 17.9. The molecule has 1 saturated heterocycles. The number of nitrogens with zero attached hydrogens (tertiary/aromatic N) is 5. The van der Waals surface area contributed by atoms with Crippen molar-refractivity contribution >= 4 is 17.0 Å². The molecule has 9 nitrogen and oxygen atoms in total. The molecule has 2 aromatic carbocycles. The Labute approximate surface area is 206 Å². The van der Waals surface area contributed by atoms with Gasteiger partial charge in [-0.15, -0.1) is 0 Å². The van der Waals surface area contributed by atoms with Crippen LogP contribution in [-0.2, 0) is 10.3 Å². The zero-order valence-corrected chi connectivity index (χ0v) is 20.2. The molecule has 0 radical (unpaired) electrons. The van der Waals surface area contributed by atoms with E-state index in [1.807, 2.05) is 38.1 Å². The van der Waals surface area contributed by atoms with Gasteiger partial charge in [0.05, 0.1) is 30.3 Å². The van der Waals surface area contributed by atoms with E-state index in [0.29, 0.717) is 36.6 Å². The molecule has 1 aliphatic rings. The molecule has 0 spiro atoms. The first-order chi connectivity index (χ1) is 17.4. The molecule has 188 valence electrons. The molecule has 0 bridgehead atoms. The van der Waals surface area contributed by atoms with E-state index in [1.54, 1.807) is 31.4 Å². The average Bonchev–Trinajstić information content (AvgIpc) is 3.29. The maximum absolute atomic E-state index is 14.0. The zero-order chi connectivity index (χ0) is 25.3. The quantitative estimate of drug-likeness (QED) is 0.394. The normalized spacial score (nSPS) is 16.4. The highest BCUT2D eigenvalue weighted by atomic mass is 19.3. The van der Waals surface area contributed by atoms with Crippen molar-refractivity contribution in [3.05, 3.63) is 65.7 Å². The first-order valence-electron chi connectivity index (χ1n) is 11.6. The molecule has 36 heavy (non-hydrogen) atoms. The van der Waals surface area contributed by atoms with Crippen molar-refractivity contribution in [2.75, 3.05) is 32.1 Å². The number of imidazole rings is 1. The summed E-state index contributed by atoms with van der Waals surface area (Å²) in [6.45, 7) is 5.66. The molecule has 4 aromatic rings. The minimum atomic E-state index is -2.82. The van der Waals surface area contributed by atoms with Gasteiger partial charge in [0.25, 0.3) is 6.43 Å². The number of anilines is 1. The number of hydrogen-bond acceptors (Lipinski definition) is 8. The molecule has 0 aliphatic carbocycles. The number of para-hydroxylation sites is 2. The molecular weight excluding hydrogens is 468 g/mol. The van der Waals surface area contributed by atoms with Crippen LogP contribution in [0, 0.1) is 0 Å². The van der Waals surface area contributed by atoms with Crippen LogP contribution in [0.5, 0.6) is 5.75 Å². The molecule has 3 heterocycles. The van der Waals surface area contributed by atoms with Crippen LogP contribution in [0.4, 0.5) is 14.7 Å². The molecule has 0 saturated carbocycles. The van der Waals surface area contributed by atoms with Crippen LogP contribution in [0.1, 0.15) is 43.6 Å². The van der Waals surface area contributed by atoms with Crippen LogP contribution < -0.4 is 15.4 Å². The lowest BCUT2D eigenvalue weighted by molar-refractivity contribution is 0.0220. The molecule has 5 rings (SSSR count). The van der Waals surface area contributed by atoms with Crippen molar-refractivity contribution in [3.8, 4) is 11.7 Å². The zero-order valence-electron chi connectivity index (χ0n) is 20.2. The number of fused-ring (bicyclic) bond motifs is 1. The number of alkyl halides is 2. The summed E-state index contributed by atoms with van der Waals surface area (Å²) in [6, 6.07) is 14.5. The van der Waals surface area contributed by atoms with E-state index < -0.39 is 23.9 Å². The number of hydrogen-bond donors (Lipinski definition) is 2. The van der Waals surface area contributed by atoms with Crippen LogP contribution in [0.15, 0.2) is 48.5 Å². The number of nitrogens with one attached hydrogen (secondary N) is 2. The van der Waals surface area contributed by atoms with Crippen molar-refractivity contribution in [1.82, 2.24) is 29.8 Å². The number of methoxy groups -OCH3 is 1. The smallest absolute Gasteiger partial charge is 0.296 e. The molecule has 11 heteroatoms. The van der Waals surface area contributed by atoms with Gasteiger partial charge in [-0.2, -0.15) is 15.0 Å². The molecule has 1 atom stereocenters. The fourth-order valence-corrected chi connectivity index (χ4v) is 4.17. The van der Waals surface area contributed by atoms with Crippen LogP contribution >= 0.6 is 0 Å². The lowest BCUT2D eigenvalue weighted by Crippen LogP contribution is -2.35. The monoisotopic (exact) mass is 495 g/mol. The molecule has 2 N–H and O–H groups in total. The summed E-state index contributed by atoms with van der Waals surface area (Å²) in [6.07, 6.45) is -3.27. The largest absolute Gasteiger partial charge is 0.497 e. The molecular formula is C25H27F2N7O2. The Bertz CT molecular complexity index is 1350. The topological polar surface area (TPSA) is 99.0 Å². The Hall–Kier alpha value is -3.70. The van der Waals surface area contributed by atoms with E-state index in [9.17, 15) is 8.78 Å². The van der Waals surface area contributed by atoms with Gasteiger partial charge in [0.1, 0.15) is 11.9 Å². The highest BCUT2D eigenvalue weighted by Gasteiger charge is 2.28. The third-order valence-corrected chi connectivity index (χ3v) is 6.07. The van der Waals surface area contributed by atoms with E-state index in [-0.39, 0.29) is 11.9 Å². The third-order valence-electron chi connectivity index (χ3n) is 6.07. The summed E-state index contributed by atoms with van der Waals surface area (Å²) < 4.78 is 40.5. The second-order valence-electron chi connectivity index (χ2n) is 8.95. The Morgan fingerprint density at radius 2 is 1.86 bits per heavy atom. The van der Waals surface area contributed by atoms with E-state index in [4.69, 9.17) is 9.47 Å². The van der Waals surface area contributed by atoms with Crippen molar-refractivity contribution in [2.24, 2.45) is 0 Å². The van der Waals surface area contributed by atoms with Gasteiger partial charge in [-0.3, -0.25) is 4.57 Å². The number of ether oxygens (including phenoxy) is 2. The van der Waals surface area contributed by atoms with Crippen LogP contribution in [0.25, 0.3) is 17.0 Å². The van der Waals surface area contributed by atoms with Crippen LogP contribution in [-0.4, -0.2) is 51.3 Å². The van der Waals surface area contributed by atoms with Crippen molar-refractivity contribution in [3.63, 3.8) is 0 Å². The Balaban J connectivity index is 1.61. The fraction of sp³-hybridized carbons (Fsp3) is 0.360. The molecule has 1 aliphatic heterocycles. The van der Waals surface area contributed by atoms with Crippen molar-refractivity contribution < 1.29 is 18.3 Å². The van der Waals surface area contributed by atoms with Gasteiger partial charge in [-0.25, -0.2) is 13.8 Å². The highest BCUT2D eigenvalue weighted by molar-refractivity contribution is 5.77. The SMILES string of the molecule is COc1ccc(C(C)(C)Nc2nc(C3CNCCO3)nc(-n3c(C(F)F)nc4ccccc43)n2)cc1. The van der Waals surface area contributed by atoms with E-state index in [1.165, 1.54) is 4.57 Å². The van der Waals surface area contributed by atoms with Crippen LogP contribution in [0.2, 0.25) is 0 Å². The van der Waals surface area contributed by atoms with Gasteiger partial charge in [0.2, 0.25) is 11.9 Å². The number of rotatable bonds is 7. The van der Waals surface area contributed by atoms with Gasteiger partial charge in [-0.1, -0.05) is 24.3 Å². The predicted molar refractivity (Wildman–Crippen MR) is 131 cm³/mol. The average molecular weight is 496 g/mol. The minimum absolute atomic E-state index is 0.0474. The summed E-state index contributed by atoms with van der Waals surface area (Å²) in [5, 5.41) is 6.60. The van der Waals surface area contributed by atoms with E-state index in [0.717, 1.165) is 11.3 Å². The number of halogens is 2. The lowest BCUT2D eigenvalue weighted by Gasteiger charge is -2.28. The second kappa shape index (κ2) is 9.75. The maximum atomic E-state index is 14.0. The summed E-state index contributed by atoms with van der Waals surface area (Å²) in [7, 11) is 1.61. The third kappa shape index (κ3) is 4.71. The van der Waals surface area contributed by atoms with Gasteiger partial charge < -0.3 is 20.1 Å². The van der Waals surface area contributed by atoms with Gasteiger partial charge in [0.15, 0.2) is 11.6 Å². The summed E-state index contributed by atoms with van der Waals surface area (Å²) in [5.41, 5.74) is 1.27. The molecule has 1 fully saturated rings. The summed E-state index contributed by atoms with van der Waals surface area (Å²) in [5.74, 6) is 0.941. The molecule has 1 unspecified atom stereocenters. The minimum Gasteiger partial charge on any atom is -0.497 e. The first-order valence-corrected chi connectivity index (χ1v) is 11.6. The predicted octanol–water partition coefficient (Wildman–Crippen LogP) is 4.16. The standard InChI is InChI=1S/C25H27F2N7O2/c1-25(2,15-8-10-16(35-3)11-9-15)33-23-30-21(19-14-28-12-13-36-19)31-24(32-23)34-18-7-5-4-6-17(18)29-22(34)20(26)27/h4-11,19-20,28H,12-14H2,1-3H3,(H,30,31,32,33). The Morgan fingerprint density at radius 1 is 1.08 bits per heavy atom. The highest BCUT2D eigenvalue weighted by Crippen LogP contribution is 2.30. The number of aromatic nitrogens is 5. The lowest BCUT2D eigenvalue weighted by atomic mass is 9.94.